The number of benzene rings is 3. The summed E-state index contributed by atoms with van der Waals surface area (Å²) in [4.78, 5) is 0. The molecule has 2 heterocycles. The SMILES string of the molecule is CCCCCc1ccc(-c2ccc3c(c2)sc2c4ccccc4oc32)cc1. The maximum Gasteiger partial charge on any atom is 0.154 e. The van der Waals surface area contributed by atoms with Crippen LogP contribution in [0.3, 0.4) is 0 Å². The molecule has 0 spiro atoms. The topological polar surface area (TPSA) is 13.1 Å². The molecule has 3 aromatic carbocycles. The van der Waals surface area contributed by atoms with Gasteiger partial charge in [-0.2, -0.15) is 0 Å². The fraction of sp³-hybridized carbons (Fsp3) is 0.200. The lowest BCUT2D eigenvalue weighted by molar-refractivity contribution is 0.673. The molecule has 0 saturated carbocycles. The molecule has 0 aliphatic heterocycles. The van der Waals surface area contributed by atoms with Crippen LogP contribution in [-0.2, 0) is 6.42 Å². The molecule has 0 N–H and O–H groups in total. The molecule has 0 bridgehead atoms. The summed E-state index contributed by atoms with van der Waals surface area (Å²) in [5.74, 6) is 0. The molecule has 0 atom stereocenters. The minimum Gasteiger partial charge on any atom is -0.454 e. The van der Waals surface area contributed by atoms with Gasteiger partial charge < -0.3 is 4.42 Å². The van der Waals surface area contributed by atoms with E-state index in [0.29, 0.717) is 0 Å². The number of hydrogen-bond donors (Lipinski definition) is 0. The predicted molar refractivity (Wildman–Crippen MR) is 118 cm³/mol. The molecule has 27 heavy (non-hydrogen) atoms. The first kappa shape index (κ1) is 16.6. The first-order valence-electron chi connectivity index (χ1n) is 9.76. The van der Waals surface area contributed by atoms with Crippen LogP contribution in [-0.4, -0.2) is 0 Å². The number of thiophene rings is 1. The number of rotatable bonds is 5. The van der Waals surface area contributed by atoms with Gasteiger partial charge in [0.2, 0.25) is 0 Å². The van der Waals surface area contributed by atoms with Gasteiger partial charge in [0.15, 0.2) is 5.58 Å². The summed E-state index contributed by atoms with van der Waals surface area (Å²) >= 11 is 1.83. The molecular weight excluding hydrogens is 348 g/mol. The van der Waals surface area contributed by atoms with E-state index in [1.807, 2.05) is 23.5 Å². The van der Waals surface area contributed by atoms with E-state index in [2.05, 4.69) is 61.5 Å². The van der Waals surface area contributed by atoms with Gasteiger partial charge >= 0.3 is 0 Å². The third kappa shape index (κ3) is 2.94. The van der Waals surface area contributed by atoms with E-state index in [1.54, 1.807) is 0 Å². The monoisotopic (exact) mass is 370 g/mol. The van der Waals surface area contributed by atoms with Gasteiger partial charge in [-0.3, -0.25) is 0 Å². The number of unbranched alkanes of at least 4 members (excludes halogenated alkanes) is 2. The summed E-state index contributed by atoms with van der Waals surface area (Å²) in [7, 11) is 0. The molecule has 0 radical (unpaired) electrons. The lowest BCUT2D eigenvalue weighted by atomic mass is 10.0. The summed E-state index contributed by atoms with van der Waals surface area (Å²) < 4.78 is 8.67. The van der Waals surface area contributed by atoms with Crippen molar-refractivity contribution in [3.8, 4) is 11.1 Å². The molecule has 0 fully saturated rings. The van der Waals surface area contributed by atoms with Crippen LogP contribution >= 0.6 is 11.3 Å². The van der Waals surface area contributed by atoms with E-state index in [1.165, 1.54) is 62.5 Å². The Balaban J connectivity index is 1.51. The van der Waals surface area contributed by atoms with Crippen molar-refractivity contribution < 1.29 is 4.42 Å². The summed E-state index contributed by atoms with van der Waals surface area (Å²) in [6.45, 7) is 2.25. The van der Waals surface area contributed by atoms with Gasteiger partial charge in [0.05, 0.1) is 4.70 Å². The van der Waals surface area contributed by atoms with Crippen LogP contribution in [0.15, 0.2) is 71.1 Å². The summed E-state index contributed by atoms with van der Waals surface area (Å²) in [5.41, 5.74) is 5.99. The summed E-state index contributed by atoms with van der Waals surface area (Å²) in [6.07, 6.45) is 5.05. The third-order valence-electron chi connectivity index (χ3n) is 5.34. The zero-order valence-corrected chi connectivity index (χ0v) is 16.3. The molecule has 2 heteroatoms. The average molecular weight is 371 g/mol. The van der Waals surface area contributed by atoms with Gasteiger partial charge in [-0.1, -0.05) is 62.2 Å². The van der Waals surface area contributed by atoms with Crippen LogP contribution in [0.1, 0.15) is 31.7 Å². The number of aryl methyl sites for hydroxylation is 1. The normalized spacial score (nSPS) is 11.7. The Hall–Kier alpha value is -2.58. The lowest BCUT2D eigenvalue weighted by Crippen LogP contribution is -1.85. The van der Waals surface area contributed by atoms with Crippen LogP contribution in [0.5, 0.6) is 0 Å². The van der Waals surface area contributed by atoms with Gasteiger partial charge in [0, 0.05) is 15.5 Å². The zero-order valence-electron chi connectivity index (χ0n) is 15.5. The number of hydrogen-bond acceptors (Lipinski definition) is 2. The minimum atomic E-state index is 0.975. The number of furan rings is 1. The van der Waals surface area contributed by atoms with Crippen molar-refractivity contribution in [3.05, 3.63) is 72.3 Å². The highest BCUT2D eigenvalue weighted by Crippen LogP contribution is 2.41. The first-order valence-corrected chi connectivity index (χ1v) is 10.6. The Kier molecular flexibility index (Phi) is 4.21. The highest BCUT2D eigenvalue weighted by atomic mass is 32.1. The summed E-state index contributed by atoms with van der Waals surface area (Å²) in [5, 5.41) is 2.43. The molecule has 0 saturated heterocycles. The van der Waals surface area contributed by atoms with Crippen LogP contribution in [0.4, 0.5) is 0 Å². The molecule has 2 aromatic heterocycles. The Morgan fingerprint density at radius 3 is 2.48 bits per heavy atom. The van der Waals surface area contributed by atoms with E-state index < -0.39 is 0 Å². The van der Waals surface area contributed by atoms with E-state index in [-0.39, 0.29) is 0 Å². The first-order chi connectivity index (χ1) is 13.3. The maximum atomic E-state index is 6.12. The lowest BCUT2D eigenvalue weighted by Gasteiger charge is -2.05. The van der Waals surface area contributed by atoms with Crippen LogP contribution in [0.25, 0.3) is 42.5 Å². The second kappa shape index (κ2) is 6.86. The Morgan fingerprint density at radius 2 is 1.63 bits per heavy atom. The fourth-order valence-electron chi connectivity index (χ4n) is 3.83. The van der Waals surface area contributed by atoms with Crippen molar-refractivity contribution in [1.29, 1.82) is 0 Å². The van der Waals surface area contributed by atoms with Gasteiger partial charge in [0.1, 0.15) is 5.58 Å². The molecule has 0 aliphatic carbocycles. The molecule has 1 nitrogen and oxygen atoms in total. The predicted octanol–water partition coefficient (Wildman–Crippen LogP) is 8.20. The van der Waals surface area contributed by atoms with Crippen LogP contribution < -0.4 is 0 Å². The number of fused-ring (bicyclic) bond motifs is 5. The van der Waals surface area contributed by atoms with Gasteiger partial charge in [-0.05, 0) is 53.8 Å². The van der Waals surface area contributed by atoms with Gasteiger partial charge in [-0.25, -0.2) is 0 Å². The summed E-state index contributed by atoms with van der Waals surface area (Å²) in [6, 6.07) is 24.1. The Bertz CT molecular complexity index is 1220. The molecule has 0 aliphatic rings. The molecule has 5 aromatic rings. The molecule has 0 amide bonds. The minimum absolute atomic E-state index is 0.975. The second-order valence-corrected chi connectivity index (χ2v) is 8.28. The standard InChI is InChI=1S/C25H22OS/c1-2-3-4-7-17-10-12-18(13-11-17)19-14-15-21-23(16-19)27-25-20-8-5-6-9-22(20)26-24(21)25/h5-6,8-16H,2-4,7H2,1H3. The molecule has 0 unspecified atom stereocenters. The van der Waals surface area contributed by atoms with Crippen LogP contribution in [0.2, 0.25) is 0 Å². The van der Waals surface area contributed by atoms with Crippen molar-refractivity contribution in [3.63, 3.8) is 0 Å². The smallest absolute Gasteiger partial charge is 0.154 e. The van der Waals surface area contributed by atoms with Crippen molar-refractivity contribution in [2.75, 3.05) is 0 Å². The van der Waals surface area contributed by atoms with Crippen LogP contribution in [0, 0.1) is 0 Å². The third-order valence-corrected chi connectivity index (χ3v) is 6.51. The highest BCUT2D eigenvalue weighted by molar-refractivity contribution is 7.26. The largest absolute Gasteiger partial charge is 0.454 e. The van der Waals surface area contributed by atoms with E-state index in [4.69, 9.17) is 4.42 Å². The molecule has 134 valence electrons. The van der Waals surface area contributed by atoms with Gasteiger partial charge in [0.25, 0.3) is 0 Å². The second-order valence-electron chi connectivity index (χ2n) is 7.22. The average Bonchev–Trinajstić information content (AvgIpc) is 3.24. The Labute approximate surface area is 163 Å². The molecular formula is C25H22OS. The highest BCUT2D eigenvalue weighted by Gasteiger charge is 2.14. The zero-order chi connectivity index (χ0) is 18.2. The molecule has 5 rings (SSSR count). The number of para-hydroxylation sites is 1. The van der Waals surface area contributed by atoms with Crippen molar-refractivity contribution in [1.82, 2.24) is 0 Å². The van der Waals surface area contributed by atoms with E-state index in [9.17, 15) is 0 Å². The maximum absolute atomic E-state index is 6.12. The van der Waals surface area contributed by atoms with Gasteiger partial charge in [-0.15, -0.1) is 11.3 Å². The Morgan fingerprint density at radius 1 is 0.815 bits per heavy atom. The quantitative estimate of drug-likeness (QED) is 0.284. The fourth-order valence-corrected chi connectivity index (χ4v) is 5.03. The van der Waals surface area contributed by atoms with Crippen molar-refractivity contribution in [2.24, 2.45) is 0 Å². The van der Waals surface area contributed by atoms with E-state index >= 15 is 0 Å². The van der Waals surface area contributed by atoms with Crippen molar-refractivity contribution >= 4 is 42.7 Å². The van der Waals surface area contributed by atoms with E-state index in [0.717, 1.165) is 11.2 Å². The van der Waals surface area contributed by atoms with Crippen molar-refractivity contribution in [2.45, 2.75) is 32.6 Å².